The Morgan fingerprint density at radius 3 is 2.68 bits per heavy atom. The minimum absolute atomic E-state index is 0.0636. The Morgan fingerprint density at radius 2 is 1.92 bits per heavy atom. The maximum absolute atomic E-state index is 13.9. The first-order valence-electron chi connectivity index (χ1n) is 8.40. The van der Waals surface area contributed by atoms with Crippen LogP contribution in [0.3, 0.4) is 0 Å². The van der Waals surface area contributed by atoms with Crippen LogP contribution in [0.15, 0.2) is 29.1 Å². The van der Waals surface area contributed by atoms with E-state index >= 15 is 0 Å². The van der Waals surface area contributed by atoms with E-state index in [4.69, 9.17) is 11.6 Å². The summed E-state index contributed by atoms with van der Waals surface area (Å²) in [4.78, 5) is 12.8. The summed E-state index contributed by atoms with van der Waals surface area (Å²) in [7, 11) is 0. The highest BCUT2D eigenvalue weighted by Gasteiger charge is 2.22. The van der Waals surface area contributed by atoms with Crippen LogP contribution in [0.1, 0.15) is 43.7 Å². The molecule has 2 aromatic heterocycles. The van der Waals surface area contributed by atoms with Crippen molar-refractivity contribution in [3.05, 3.63) is 51.2 Å². The molecule has 25 heavy (non-hydrogen) atoms. The quantitative estimate of drug-likeness (QED) is 0.717. The summed E-state index contributed by atoms with van der Waals surface area (Å²) in [5.41, 5.74) is 0.598. The van der Waals surface area contributed by atoms with Crippen molar-refractivity contribution in [2.75, 3.05) is 0 Å². The van der Waals surface area contributed by atoms with Gasteiger partial charge < -0.3 is 0 Å². The van der Waals surface area contributed by atoms with E-state index < -0.39 is 0 Å². The number of nitrogens with zero attached hydrogens (tertiary/aromatic N) is 5. The lowest BCUT2D eigenvalue weighted by atomic mass is 9.96. The zero-order valence-electron chi connectivity index (χ0n) is 13.5. The van der Waals surface area contributed by atoms with Crippen molar-refractivity contribution < 1.29 is 4.39 Å². The minimum Gasteiger partial charge on any atom is -0.265 e. The first-order valence-corrected chi connectivity index (χ1v) is 8.78. The average molecular weight is 362 g/mol. The van der Waals surface area contributed by atoms with Gasteiger partial charge in [-0.1, -0.05) is 54.3 Å². The van der Waals surface area contributed by atoms with E-state index in [9.17, 15) is 9.18 Å². The van der Waals surface area contributed by atoms with Crippen molar-refractivity contribution in [2.45, 2.75) is 44.7 Å². The normalized spacial score (nSPS) is 15.8. The summed E-state index contributed by atoms with van der Waals surface area (Å²) in [5, 5.41) is 12.7. The molecular weight excluding hydrogens is 345 g/mol. The maximum Gasteiger partial charge on any atom is 0.298 e. The average Bonchev–Trinajstić information content (AvgIpc) is 2.95. The first-order chi connectivity index (χ1) is 12.1. The van der Waals surface area contributed by atoms with Crippen LogP contribution in [0.5, 0.6) is 0 Å². The fourth-order valence-electron chi connectivity index (χ4n) is 3.36. The van der Waals surface area contributed by atoms with Crippen LogP contribution in [0.2, 0.25) is 5.15 Å². The Morgan fingerprint density at radius 1 is 1.16 bits per heavy atom. The Bertz CT molecular complexity index is 977. The second-order valence-corrected chi connectivity index (χ2v) is 6.73. The number of aromatic nitrogens is 5. The van der Waals surface area contributed by atoms with Crippen LogP contribution in [-0.4, -0.2) is 24.8 Å². The van der Waals surface area contributed by atoms with Gasteiger partial charge in [-0.25, -0.2) is 13.8 Å². The molecule has 0 N–H and O–H groups in total. The fourth-order valence-corrected chi connectivity index (χ4v) is 3.59. The standard InChI is InChI=1S/C17H17ClFN5O/c18-16-14-15(21-23(16)10-11-6-4-5-9-13(11)19)17(25)24(22-20-14)12-7-2-1-3-8-12/h4-6,9,12H,1-3,7-8,10H2. The molecule has 0 atom stereocenters. The van der Waals surface area contributed by atoms with E-state index in [-0.39, 0.29) is 40.1 Å². The number of halogens is 2. The van der Waals surface area contributed by atoms with Gasteiger partial charge in [0.1, 0.15) is 5.82 Å². The summed E-state index contributed by atoms with van der Waals surface area (Å²) >= 11 is 6.30. The van der Waals surface area contributed by atoms with Crippen molar-refractivity contribution in [3.63, 3.8) is 0 Å². The fraction of sp³-hybridized carbons (Fsp3) is 0.412. The lowest BCUT2D eigenvalue weighted by Crippen LogP contribution is -2.29. The van der Waals surface area contributed by atoms with Gasteiger partial charge in [0.15, 0.2) is 16.2 Å². The van der Waals surface area contributed by atoms with Crippen molar-refractivity contribution in [1.82, 2.24) is 24.8 Å². The zero-order valence-corrected chi connectivity index (χ0v) is 14.3. The third-order valence-corrected chi connectivity index (χ3v) is 5.09. The molecular formula is C17H17ClFN5O. The lowest BCUT2D eigenvalue weighted by molar-refractivity contribution is 0.311. The van der Waals surface area contributed by atoms with E-state index in [2.05, 4.69) is 15.4 Å². The first kappa shape index (κ1) is 16.2. The number of rotatable bonds is 3. The molecule has 6 nitrogen and oxygen atoms in total. The van der Waals surface area contributed by atoms with Crippen molar-refractivity contribution in [3.8, 4) is 0 Å². The molecule has 0 unspecified atom stereocenters. The molecule has 0 aliphatic heterocycles. The minimum atomic E-state index is -0.344. The number of hydrogen-bond acceptors (Lipinski definition) is 4. The molecule has 0 saturated heterocycles. The van der Waals surface area contributed by atoms with Crippen LogP contribution in [0, 0.1) is 5.82 Å². The van der Waals surface area contributed by atoms with Gasteiger partial charge in [0.05, 0.1) is 12.6 Å². The smallest absolute Gasteiger partial charge is 0.265 e. The van der Waals surface area contributed by atoms with Gasteiger partial charge in [-0.05, 0) is 18.9 Å². The Kier molecular flexibility index (Phi) is 4.25. The van der Waals surface area contributed by atoms with Gasteiger partial charge >= 0.3 is 0 Å². The zero-order chi connectivity index (χ0) is 17.4. The molecule has 0 amide bonds. The van der Waals surface area contributed by atoms with Crippen LogP contribution >= 0.6 is 11.6 Å². The Balaban J connectivity index is 1.75. The van der Waals surface area contributed by atoms with Gasteiger partial charge in [0.2, 0.25) is 0 Å². The second-order valence-electron chi connectivity index (χ2n) is 6.37. The van der Waals surface area contributed by atoms with Crippen molar-refractivity contribution >= 4 is 22.6 Å². The molecule has 130 valence electrons. The van der Waals surface area contributed by atoms with Gasteiger partial charge in [-0.2, -0.15) is 5.10 Å². The van der Waals surface area contributed by atoms with E-state index in [1.807, 2.05) is 0 Å². The highest BCUT2D eigenvalue weighted by Crippen LogP contribution is 2.27. The van der Waals surface area contributed by atoms with E-state index in [0.717, 1.165) is 25.7 Å². The van der Waals surface area contributed by atoms with Crippen LogP contribution in [0.25, 0.3) is 11.0 Å². The van der Waals surface area contributed by atoms with Crippen molar-refractivity contribution in [2.24, 2.45) is 0 Å². The highest BCUT2D eigenvalue weighted by atomic mass is 35.5. The largest absolute Gasteiger partial charge is 0.298 e. The number of benzene rings is 1. The molecule has 1 aliphatic rings. The molecule has 0 spiro atoms. The number of fused-ring (bicyclic) bond motifs is 1. The molecule has 1 fully saturated rings. The highest BCUT2D eigenvalue weighted by molar-refractivity contribution is 6.33. The molecule has 2 heterocycles. The van der Waals surface area contributed by atoms with E-state index in [1.54, 1.807) is 18.2 Å². The predicted octanol–water partition coefficient (Wildman–Crippen LogP) is 3.33. The Hall–Kier alpha value is -2.28. The van der Waals surface area contributed by atoms with Gasteiger partial charge in [-0.3, -0.25) is 4.79 Å². The van der Waals surface area contributed by atoms with Crippen LogP contribution in [0.4, 0.5) is 4.39 Å². The van der Waals surface area contributed by atoms with Crippen LogP contribution in [-0.2, 0) is 6.54 Å². The summed E-state index contributed by atoms with van der Waals surface area (Å²) in [6.07, 6.45) is 5.19. The molecule has 4 rings (SSSR count). The predicted molar refractivity (Wildman–Crippen MR) is 92.2 cm³/mol. The van der Waals surface area contributed by atoms with Gasteiger partial charge in [0.25, 0.3) is 5.56 Å². The van der Waals surface area contributed by atoms with Crippen molar-refractivity contribution in [1.29, 1.82) is 0 Å². The SMILES string of the molecule is O=c1c2nn(Cc3ccccc3F)c(Cl)c2nnn1C1CCCCC1. The topological polar surface area (TPSA) is 65.6 Å². The maximum atomic E-state index is 13.9. The molecule has 1 saturated carbocycles. The van der Waals surface area contributed by atoms with Crippen LogP contribution < -0.4 is 5.56 Å². The third-order valence-electron chi connectivity index (χ3n) is 4.72. The molecule has 8 heteroatoms. The van der Waals surface area contributed by atoms with Gasteiger partial charge in [-0.15, -0.1) is 5.10 Å². The van der Waals surface area contributed by atoms with E-state index in [1.165, 1.54) is 21.9 Å². The molecule has 3 aromatic rings. The lowest BCUT2D eigenvalue weighted by Gasteiger charge is -2.21. The summed E-state index contributed by atoms with van der Waals surface area (Å²) in [6.45, 7) is 0.130. The molecule has 1 aromatic carbocycles. The molecule has 1 aliphatic carbocycles. The van der Waals surface area contributed by atoms with E-state index in [0.29, 0.717) is 5.56 Å². The monoisotopic (exact) mass is 361 g/mol. The Labute approximate surface area is 148 Å². The summed E-state index contributed by atoms with van der Waals surface area (Å²) in [5.74, 6) is -0.344. The third kappa shape index (κ3) is 2.93. The molecule has 0 bridgehead atoms. The summed E-state index contributed by atoms with van der Waals surface area (Å²) < 4.78 is 16.7. The summed E-state index contributed by atoms with van der Waals surface area (Å²) in [6, 6.07) is 6.46. The van der Waals surface area contributed by atoms with Gasteiger partial charge in [0, 0.05) is 5.56 Å². The molecule has 0 radical (unpaired) electrons. The number of hydrogen-bond donors (Lipinski definition) is 0. The second kappa shape index (κ2) is 6.55.